The molecule has 0 radical (unpaired) electrons. The lowest BCUT2D eigenvalue weighted by atomic mass is 10.0. The van der Waals surface area contributed by atoms with Crippen molar-refractivity contribution in [3.05, 3.63) is 62.4 Å². The van der Waals surface area contributed by atoms with Gasteiger partial charge in [-0.3, -0.25) is 13.9 Å². The highest BCUT2D eigenvalue weighted by Crippen LogP contribution is 2.23. The van der Waals surface area contributed by atoms with Crippen molar-refractivity contribution in [1.29, 1.82) is 0 Å². The second-order valence-corrected chi connectivity index (χ2v) is 5.47. The van der Waals surface area contributed by atoms with Gasteiger partial charge in [0.05, 0.1) is 6.54 Å². The van der Waals surface area contributed by atoms with Gasteiger partial charge in [0.1, 0.15) is 0 Å². The van der Waals surface area contributed by atoms with Gasteiger partial charge >= 0.3 is 5.69 Å². The molecule has 0 aliphatic carbocycles. The zero-order valence-electron chi connectivity index (χ0n) is 12.9. The third kappa shape index (κ3) is 3.07. The summed E-state index contributed by atoms with van der Waals surface area (Å²) in [6.07, 6.45) is 0. The third-order valence-corrected chi connectivity index (χ3v) is 3.67. The van der Waals surface area contributed by atoms with Gasteiger partial charge in [0.25, 0.3) is 5.56 Å². The van der Waals surface area contributed by atoms with Gasteiger partial charge in [0.15, 0.2) is 0 Å². The lowest BCUT2D eigenvalue weighted by Crippen LogP contribution is -2.38. The maximum absolute atomic E-state index is 11.9. The number of nitrogens with one attached hydrogen (secondary N) is 1. The number of rotatable bonds is 4. The van der Waals surface area contributed by atoms with Crippen LogP contribution in [0.3, 0.4) is 0 Å². The number of hydrogen-bond donors (Lipinski definition) is 1. The molecule has 0 fully saturated rings. The summed E-state index contributed by atoms with van der Waals surface area (Å²) < 4.78 is 2.60. The molecule has 21 heavy (non-hydrogen) atoms. The number of nitrogens with zero attached hydrogens (tertiary/aromatic N) is 2. The maximum atomic E-state index is 11.9. The van der Waals surface area contributed by atoms with Crippen LogP contribution in [0.2, 0.25) is 0 Å². The summed E-state index contributed by atoms with van der Waals surface area (Å²) in [5.41, 5.74) is 2.32. The molecule has 0 spiro atoms. The number of hydrogen-bond acceptors (Lipinski definition) is 3. The highest BCUT2D eigenvalue weighted by molar-refractivity contribution is 5.52. The summed E-state index contributed by atoms with van der Waals surface area (Å²) in [5.74, 6) is 0.404. The quantitative estimate of drug-likeness (QED) is 0.933. The molecule has 0 aliphatic rings. The van der Waals surface area contributed by atoms with Crippen LogP contribution in [0.25, 0.3) is 0 Å². The molecule has 1 aromatic heterocycles. The van der Waals surface area contributed by atoms with Crippen LogP contribution in [0.5, 0.6) is 0 Å². The fraction of sp³-hybridized carbons (Fsp3) is 0.375. The molecule has 0 aliphatic heterocycles. The Morgan fingerprint density at radius 1 is 1.10 bits per heavy atom. The smallest absolute Gasteiger partial charge is 0.330 e. The monoisotopic (exact) mass is 287 g/mol. The fourth-order valence-corrected chi connectivity index (χ4v) is 2.30. The molecule has 0 atom stereocenters. The van der Waals surface area contributed by atoms with Gasteiger partial charge < -0.3 is 5.32 Å². The number of benzene rings is 1. The molecule has 5 nitrogen and oxygen atoms in total. The summed E-state index contributed by atoms with van der Waals surface area (Å²) in [7, 11) is 3.16. The molecule has 0 unspecified atom stereocenters. The van der Waals surface area contributed by atoms with Crippen molar-refractivity contribution < 1.29 is 0 Å². The number of anilines is 1. The van der Waals surface area contributed by atoms with E-state index in [1.54, 1.807) is 7.05 Å². The minimum atomic E-state index is -0.309. The minimum Gasteiger partial charge on any atom is -0.379 e. The molecule has 0 amide bonds. The van der Waals surface area contributed by atoms with E-state index in [1.165, 1.54) is 23.2 Å². The molecule has 0 bridgehead atoms. The second kappa shape index (κ2) is 5.99. The highest BCUT2D eigenvalue weighted by Gasteiger charge is 2.08. The molecule has 112 valence electrons. The predicted molar refractivity (Wildman–Crippen MR) is 84.8 cm³/mol. The minimum absolute atomic E-state index is 0.285. The predicted octanol–water partition coefficient (Wildman–Crippen LogP) is 1.82. The first-order valence-corrected chi connectivity index (χ1v) is 7.00. The summed E-state index contributed by atoms with van der Waals surface area (Å²) >= 11 is 0. The zero-order valence-corrected chi connectivity index (χ0v) is 12.9. The first-order chi connectivity index (χ1) is 9.91. The van der Waals surface area contributed by atoms with Gasteiger partial charge in [-0.25, -0.2) is 4.79 Å². The summed E-state index contributed by atoms with van der Waals surface area (Å²) in [6, 6.07) is 9.56. The maximum Gasteiger partial charge on any atom is 0.330 e. The fourth-order valence-electron chi connectivity index (χ4n) is 2.30. The lowest BCUT2D eigenvalue weighted by Gasteiger charge is -2.16. The van der Waals surface area contributed by atoms with Gasteiger partial charge in [-0.05, 0) is 17.5 Å². The van der Waals surface area contributed by atoms with Crippen molar-refractivity contribution in [2.75, 3.05) is 5.32 Å². The molecule has 1 heterocycles. The van der Waals surface area contributed by atoms with Crippen LogP contribution in [0.15, 0.2) is 39.9 Å². The van der Waals surface area contributed by atoms with E-state index in [0.717, 1.165) is 10.3 Å². The Kier molecular flexibility index (Phi) is 4.31. The summed E-state index contributed by atoms with van der Waals surface area (Å²) in [4.78, 5) is 23.6. The largest absolute Gasteiger partial charge is 0.379 e. The molecule has 0 saturated carbocycles. The Morgan fingerprint density at radius 2 is 1.76 bits per heavy atom. The second-order valence-electron chi connectivity index (χ2n) is 5.47. The Labute approximate surface area is 123 Å². The van der Waals surface area contributed by atoms with Crippen molar-refractivity contribution in [1.82, 2.24) is 9.13 Å². The molecular weight excluding hydrogens is 266 g/mol. The van der Waals surface area contributed by atoms with Crippen molar-refractivity contribution in [2.45, 2.75) is 26.3 Å². The van der Waals surface area contributed by atoms with Gasteiger partial charge in [0.2, 0.25) is 0 Å². The standard InChI is InChI=1S/C16H21N3O2/c1-11(2)13-7-5-6-8-14(13)17-10-12-9-15(20)19(4)16(21)18(12)3/h5-9,11,17H,10H2,1-4H3. The highest BCUT2D eigenvalue weighted by atomic mass is 16.2. The van der Waals surface area contributed by atoms with Gasteiger partial charge in [-0.1, -0.05) is 32.0 Å². The van der Waals surface area contributed by atoms with E-state index in [4.69, 9.17) is 0 Å². The first kappa shape index (κ1) is 15.1. The Balaban J connectivity index is 2.30. The zero-order chi connectivity index (χ0) is 15.6. The SMILES string of the molecule is CC(C)c1ccccc1NCc1cc(=O)n(C)c(=O)n1C. The third-order valence-electron chi connectivity index (χ3n) is 3.67. The molecular formula is C16H21N3O2. The van der Waals surface area contributed by atoms with E-state index in [9.17, 15) is 9.59 Å². The first-order valence-electron chi connectivity index (χ1n) is 7.00. The summed E-state index contributed by atoms with van der Waals surface area (Å²) in [5, 5.41) is 3.32. The van der Waals surface area contributed by atoms with E-state index in [2.05, 4.69) is 25.2 Å². The van der Waals surface area contributed by atoms with E-state index in [-0.39, 0.29) is 11.2 Å². The van der Waals surface area contributed by atoms with Crippen molar-refractivity contribution in [3.8, 4) is 0 Å². The molecule has 1 aromatic carbocycles. The average Bonchev–Trinajstić information content (AvgIpc) is 2.47. The molecule has 1 N–H and O–H groups in total. The molecule has 5 heteroatoms. The van der Waals surface area contributed by atoms with E-state index in [0.29, 0.717) is 18.2 Å². The van der Waals surface area contributed by atoms with Crippen LogP contribution in [0, 0.1) is 0 Å². The Bertz CT molecular complexity index is 757. The number of aromatic nitrogens is 2. The Hall–Kier alpha value is -2.30. The normalized spacial score (nSPS) is 10.9. The molecule has 2 rings (SSSR count). The Morgan fingerprint density at radius 3 is 2.43 bits per heavy atom. The van der Waals surface area contributed by atoms with Gasteiger partial charge in [-0.15, -0.1) is 0 Å². The van der Waals surface area contributed by atoms with Crippen LogP contribution in [-0.4, -0.2) is 9.13 Å². The van der Waals surface area contributed by atoms with E-state index in [1.807, 2.05) is 18.2 Å². The van der Waals surface area contributed by atoms with Crippen molar-refractivity contribution in [2.24, 2.45) is 14.1 Å². The topological polar surface area (TPSA) is 56.0 Å². The van der Waals surface area contributed by atoms with Crippen LogP contribution in [0.1, 0.15) is 31.0 Å². The van der Waals surface area contributed by atoms with Crippen LogP contribution < -0.4 is 16.6 Å². The van der Waals surface area contributed by atoms with Crippen LogP contribution >= 0.6 is 0 Å². The molecule has 2 aromatic rings. The lowest BCUT2D eigenvalue weighted by molar-refractivity contribution is 0.655. The van der Waals surface area contributed by atoms with E-state index >= 15 is 0 Å². The number of para-hydroxylation sites is 1. The molecule has 0 saturated heterocycles. The van der Waals surface area contributed by atoms with Crippen LogP contribution in [-0.2, 0) is 20.6 Å². The van der Waals surface area contributed by atoms with Crippen molar-refractivity contribution in [3.63, 3.8) is 0 Å². The van der Waals surface area contributed by atoms with Gasteiger partial charge in [0, 0.05) is 31.5 Å². The van der Waals surface area contributed by atoms with Crippen molar-refractivity contribution >= 4 is 5.69 Å². The van der Waals surface area contributed by atoms with Crippen LogP contribution in [0.4, 0.5) is 5.69 Å². The summed E-state index contributed by atoms with van der Waals surface area (Å²) in [6.45, 7) is 4.70. The van der Waals surface area contributed by atoms with Gasteiger partial charge in [-0.2, -0.15) is 0 Å². The average molecular weight is 287 g/mol. The van der Waals surface area contributed by atoms with E-state index < -0.39 is 0 Å².